The van der Waals surface area contributed by atoms with Gasteiger partial charge in [-0.15, -0.1) is 0 Å². The molecule has 4 nitrogen and oxygen atoms in total. The quantitative estimate of drug-likeness (QED) is 0.793. The van der Waals surface area contributed by atoms with Crippen molar-refractivity contribution in [3.63, 3.8) is 0 Å². The molecule has 24 heavy (non-hydrogen) atoms. The third-order valence-electron chi connectivity index (χ3n) is 4.16. The van der Waals surface area contributed by atoms with Gasteiger partial charge in [0.15, 0.2) is 0 Å². The molecule has 1 aliphatic rings. The van der Waals surface area contributed by atoms with Crippen molar-refractivity contribution < 1.29 is 9.53 Å². The Labute approximate surface area is 147 Å². The molecular weight excluding hydrogens is 324 g/mol. The van der Waals surface area contributed by atoms with E-state index in [0.717, 1.165) is 17.7 Å². The van der Waals surface area contributed by atoms with Gasteiger partial charge in [-0.3, -0.25) is 0 Å². The van der Waals surface area contributed by atoms with Crippen LogP contribution in [0, 0.1) is 6.92 Å². The summed E-state index contributed by atoms with van der Waals surface area (Å²) in [6, 6.07) is 11.4. The van der Waals surface area contributed by atoms with E-state index in [1.54, 1.807) is 6.07 Å². The number of fused-ring (bicyclic) bond motifs is 1. The van der Waals surface area contributed by atoms with Gasteiger partial charge in [0.1, 0.15) is 12.4 Å². The van der Waals surface area contributed by atoms with E-state index in [9.17, 15) is 4.79 Å². The van der Waals surface area contributed by atoms with Gasteiger partial charge in [-0.25, -0.2) is 4.79 Å². The number of hydrogen-bond donors (Lipinski definition) is 2. The summed E-state index contributed by atoms with van der Waals surface area (Å²) in [6.45, 7) is 2.78. The molecule has 2 aromatic carbocycles. The van der Waals surface area contributed by atoms with E-state index in [-0.39, 0.29) is 6.03 Å². The van der Waals surface area contributed by atoms with Crippen LogP contribution in [0.5, 0.6) is 5.75 Å². The summed E-state index contributed by atoms with van der Waals surface area (Å²) in [7, 11) is 0. The molecule has 0 bridgehead atoms. The zero-order valence-corrected chi connectivity index (χ0v) is 14.5. The Morgan fingerprint density at radius 1 is 1.17 bits per heavy atom. The normalized spacial score (nSPS) is 12.6. The van der Waals surface area contributed by atoms with Crippen LogP contribution in [0.4, 0.5) is 10.5 Å². The predicted octanol–water partition coefficient (Wildman–Crippen LogP) is 4.34. The van der Waals surface area contributed by atoms with Gasteiger partial charge in [0.05, 0.1) is 6.54 Å². The summed E-state index contributed by atoms with van der Waals surface area (Å²) in [5.41, 5.74) is 4.46. The molecule has 0 saturated heterocycles. The third-order valence-corrected chi connectivity index (χ3v) is 4.56. The highest BCUT2D eigenvalue weighted by Gasteiger charge is 2.11. The van der Waals surface area contributed by atoms with Crippen molar-refractivity contribution in [2.24, 2.45) is 0 Å². The lowest BCUT2D eigenvalue weighted by Crippen LogP contribution is -2.32. The lowest BCUT2D eigenvalue weighted by molar-refractivity contribution is 0.247. The Bertz CT molecular complexity index is 746. The van der Waals surface area contributed by atoms with Gasteiger partial charge < -0.3 is 15.4 Å². The molecule has 2 aromatic rings. The Hall–Kier alpha value is -2.20. The number of halogens is 1. The zero-order valence-electron chi connectivity index (χ0n) is 13.7. The summed E-state index contributed by atoms with van der Waals surface area (Å²) in [6.07, 6.45) is 3.52. The first kappa shape index (κ1) is 16.7. The summed E-state index contributed by atoms with van der Waals surface area (Å²) in [5, 5.41) is 6.15. The fourth-order valence-electron chi connectivity index (χ4n) is 2.82. The minimum absolute atomic E-state index is 0.271. The van der Waals surface area contributed by atoms with Gasteiger partial charge in [0.2, 0.25) is 0 Å². The predicted molar refractivity (Wildman–Crippen MR) is 97.2 cm³/mol. The molecule has 1 aliphatic carbocycles. The molecule has 2 amide bonds. The summed E-state index contributed by atoms with van der Waals surface area (Å²) in [5.74, 6) is 0.864. The minimum Gasteiger partial charge on any atom is -0.492 e. The van der Waals surface area contributed by atoms with Crippen LogP contribution in [0.25, 0.3) is 0 Å². The molecule has 0 atom stereocenters. The van der Waals surface area contributed by atoms with Crippen molar-refractivity contribution in [3.05, 3.63) is 58.1 Å². The molecule has 0 fully saturated rings. The second-order valence-corrected chi connectivity index (χ2v) is 6.38. The number of rotatable bonds is 5. The first-order chi connectivity index (χ1) is 11.6. The molecule has 0 aliphatic heterocycles. The number of aryl methyl sites for hydroxylation is 3. The number of nitrogens with one attached hydrogen (secondary N) is 2. The highest BCUT2D eigenvalue weighted by atomic mass is 35.5. The van der Waals surface area contributed by atoms with E-state index in [0.29, 0.717) is 23.9 Å². The maximum absolute atomic E-state index is 11.9. The number of ether oxygens (including phenoxy) is 1. The van der Waals surface area contributed by atoms with Gasteiger partial charge in [0, 0.05) is 10.7 Å². The molecule has 0 spiro atoms. The maximum atomic E-state index is 11.9. The monoisotopic (exact) mass is 344 g/mol. The van der Waals surface area contributed by atoms with Crippen molar-refractivity contribution in [2.45, 2.75) is 26.2 Å². The number of hydrogen-bond acceptors (Lipinski definition) is 2. The lowest BCUT2D eigenvalue weighted by atomic mass is 10.1. The fourth-order valence-corrected chi connectivity index (χ4v) is 3.00. The smallest absolute Gasteiger partial charge is 0.319 e. The van der Waals surface area contributed by atoms with Crippen molar-refractivity contribution in [1.82, 2.24) is 5.32 Å². The lowest BCUT2D eigenvalue weighted by Gasteiger charge is -2.10. The van der Waals surface area contributed by atoms with Crippen LogP contribution in [0.3, 0.4) is 0 Å². The topological polar surface area (TPSA) is 50.4 Å². The Kier molecular flexibility index (Phi) is 5.26. The largest absolute Gasteiger partial charge is 0.492 e. The zero-order chi connectivity index (χ0) is 16.9. The first-order valence-corrected chi connectivity index (χ1v) is 8.55. The van der Waals surface area contributed by atoms with Crippen molar-refractivity contribution in [1.29, 1.82) is 0 Å². The molecule has 3 rings (SSSR count). The van der Waals surface area contributed by atoms with Crippen molar-refractivity contribution >= 4 is 23.3 Å². The fraction of sp³-hybridized carbons (Fsp3) is 0.316. The number of carbonyl (C=O) groups excluding carboxylic acids is 1. The molecular formula is C19H21ClN2O2. The second kappa shape index (κ2) is 7.58. The van der Waals surface area contributed by atoms with Crippen LogP contribution in [-0.2, 0) is 12.8 Å². The van der Waals surface area contributed by atoms with E-state index in [2.05, 4.69) is 22.8 Å². The van der Waals surface area contributed by atoms with Crippen LogP contribution in [0.15, 0.2) is 36.4 Å². The molecule has 0 heterocycles. The van der Waals surface area contributed by atoms with Crippen LogP contribution in [-0.4, -0.2) is 19.2 Å². The molecule has 2 N–H and O–H groups in total. The number of anilines is 1. The number of benzene rings is 2. The van der Waals surface area contributed by atoms with Gasteiger partial charge in [-0.2, -0.15) is 0 Å². The molecule has 0 saturated carbocycles. The highest BCUT2D eigenvalue weighted by Crippen LogP contribution is 2.25. The minimum atomic E-state index is -0.271. The Morgan fingerprint density at radius 2 is 2.00 bits per heavy atom. The molecule has 5 heteroatoms. The van der Waals surface area contributed by atoms with Crippen LogP contribution < -0.4 is 15.4 Å². The maximum Gasteiger partial charge on any atom is 0.319 e. The van der Waals surface area contributed by atoms with Crippen LogP contribution in [0.2, 0.25) is 5.02 Å². The van der Waals surface area contributed by atoms with E-state index >= 15 is 0 Å². The highest BCUT2D eigenvalue weighted by molar-refractivity contribution is 6.31. The molecule has 0 radical (unpaired) electrons. The van der Waals surface area contributed by atoms with Gasteiger partial charge in [0.25, 0.3) is 0 Å². The van der Waals surface area contributed by atoms with Crippen LogP contribution in [0.1, 0.15) is 23.1 Å². The van der Waals surface area contributed by atoms with Crippen LogP contribution >= 0.6 is 11.6 Å². The van der Waals surface area contributed by atoms with E-state index in [1.807, 2.05) is 25.1 Å². The molecule has 126 valence electrons. The Balaban J connectivity index is 1.41. The standard InChI is InChI=1S/C19H21ClN2O2/c1-13-5-7-16(12-18(13)20)22-19(23)21-9-10-24-17-8-6-14-3-2-4-15(14)11-17/h5-8,11-12H,2-4,9-10H2,1H3,(H2,21,22,23). The van der Waals surface area contributed by atoms with Gasteiger partial charge >= 0.3 is 6.03 Å². The van der Waals surface area contributed by atoms with E-state index in [4.69, 9.17) is 16.3 Å². The van der Waals surface area contributed by atoms with Gasteiger partial charge in [-0.1, -0.05) is 23.7 Å². The number of urea groups is 1. The summed E-state index contributed by atoms with van der Waals surface area (Å²) in [4.78, 5) is 11.9. The van der Waals surface area contributed by atoms with E-state index in [1.165, 1.54) is 24.0 Å². The average Bonchev–Trinajstić information content (AvgIpc) is 3.03. The first-order valence-electron chi connectivity index (χ1n) is 8.17. The SMILES string of the molecule is Cc1ccc(NC(=O)NCCOc2ccc3c(c2)CCC3)cc1Cl. The number of amides is 2. The summed E-state index contributed by atoms with van der Waals surface area (Å²) < 4.78 is 5.70. The van der Waals surface area contributed by atoms with E-state index < -0.39 is 0 Å². The van der Waals surface area contributed by atoms with Crippen molar-refractivity contribution in [3.8, 4) is 5.75 Å². The Morgan fingerprint density at radius 3 is 2.83 bits per heavy atom. The second-order valence-electron chi connectivity index (χ2n) is 5.98. The average molecular weight is 345 g/mol. The molecule has 0 unspecified atom stereocenters. The summed E-state index contributed by atoms with van der Waals surface area (Å²) >= 11 is 6.04. The van der Waals surface area contributed by atoms with Crippen molar-refractivity contribution in [2.75, 3.05) is 18.5 Å². The van der Waals surface area contributed by atoms with Gasteiger partial charge in [-0.05, 0) is 67.1 Å². The third kappa shape index (κ3) is 4.20. The molecule has 0 aromatic heterocycles. The number of carbonyl (C=O) groups is 1.